The first-order valence-electron chi connectivity index (χ1n) is 7.73. The quantitative estimate of drug-likeness (QED) is 0.867. The molecule has 1 amide bonds. The lowest BCUT2D eigenvalue weighted by molar-refractivity contribution is -0.136. The standard InChI is InChI=1S/C18H22N2O2/c1-22-14-18(21)20-10-8-19(9-11-20)13-15-6-7-16-4-2-3-5-17(16)12-15/h2-7,12H,8-11,13-14H2,1H3. The van der Waals surface area contributed by atoms with Crippen molar-refractivity contribution >= 4 is 16.7 Å². The molecule has 2 aromatic rings. The zero-order chi connectivity index (χ0) is 15.4. The fourth-order valence-electron chi connectivity index (χ4n) is 2.97. The number of benzene rings is 2. The number of fused-ring (bicyclic) bond motifs is 1. The predicted octanol–water partition coefficient (Wildman–Crippen LogP) is 2.13. The van der Waals surface area contributed by atoms with Crippen LogP contribution in [0.25, 0.3) is 10.8 Å². The topological polar surface area (TPSA) is 32.8 Å². The SMILES string of the molecule is COCC(=O)N1CCN(Cc2ccc3ccccc3c2)CC1. The van der Waals surface area contributed by atoms with Gasteiger partial charge in [-0.3, -0.25) is 9.69 Å². The van der Waals surface area contributed by atoms with Crippen molar-refractivity contribution < 1.29 is 9.53 Å². The fraction of sp³-hybridized carbons (Fsp3) is 0.389. The highest BCUT2D eigenvalue weighted by Crippen LogP contribution is 2.17. The van der Waals surface area contributed by atoms with Crippen LogP contribution in [0.2, 0.25) is 0 Å². The molecule has 0 aromatic heterocycles. The smallest absolute Gasteiger partial charge is 0.248 e. The highest BCUT2D eigenvalue weighted by molar-refractivity contribution is 5.83. The van der Waals surface area contributed by atoms with E-state index in [1.54, 1.807) is 7.11 Å². The number of hydrogen-bond donors (Lipinski definition) is 0. The molecule has 0 atom stereocenters. The van der Waals surface area contributed by atoms with Gasteiger partial charge in [0.05, 0.1) is 0 Å². The van der Waals surface area contributed by atoms with E-state index < -0.39 is 0 Å². The van der Waals surface area contributed by atoms with E-state index in [0.717, 1.165) is 32.7 Å². The number of nitrogens with zero attached hydrogens (tertiary/aromatic N) is 2. The summed E-state index contributed by atoms with van der Waals surface area (Å²) in [4.78, 5) is 16.1. The van der Waals surface area contributed by atoms with Gasteiger partial charge in [-0.2, -0.15) is 0 Å². The Hall–Kier alpha value is -1.91. The van der Waals surface area contributed by atoms with Gasteiger partial charge in [0.2, 0.25) is 5.91 Å². The molecule has 1 saturated heterocycles. The number of amides is 1. The monoisotopic (exact) mass is 298 g/mol. The highest BCUT2D eigenvalue weighted by Gasteiger charge is 2.20. The second kappa shape index (κ2) is 6.90. The molecule has 0 N–H and O–H groups in total. The molecule has 4 nitrogen and oxygen atoms in total. The molecule has 0 aliphatic carbocycles. The summed E-state index contributed by atoms with van der Waals surface area (Å²) in [6, 6.07) is 15.1. The van der Waals surface area contributed by atoms with E-state index in [2.05, 4.69) is 47.4 Å². The molecular formula is C18H22N2O2. The molecule has 0 unspecified atom stereocenters. The van der Waals surface area contributed by atoms with Crippen LogP contribution in [-0.2, 0) is 16.1 Å². The van der Waals surface area contributed by atoms with Crippen LogP contribution in [0.4, 0.5) is 0 Å². The van der Waals surface area contributed by atoms with Crippen LogP contribution in [0.1, 0.15) is 5.56 Å². The van der Waals surface area contributed by atoms with Crippen molar-refractivity contribution in [2.45, 2.75) is 6.54 Å². The number of carbonyl (C=O) groups is 1. The number of methoxy groups -OCH3 is 1. The Morgan fingerprint density at radius 3 is 2.50 bits per heavy atom. The van der Waals surface area contributed by atoms with Crippen molar-refractivity contribution in [3.8, 4) is 0 Å². The van der Waals surface area contributed by atoms with Crippen molar-refractivity contribution in [1.29, 1.82) is 0 Å². The zero-order valence-electron chi connectivity index (χ0n) is 13.0. The molecule has 22 heavy (non-hydrogen) atoms. The van der Waals surface area contributed by atoms with Crippen LogP contribution in [0.3, 0.4) is 0 Å². The van der Waals surface area contributed by atoms with Gasteiger partial charge >= 0.3 is 0 Å². The summed E-state index contributed by atoms with van der Waals surface area (Å²) in [6.45, 7) is 4.54. The van der Waals surface area contributed by atoms with Gasteiger partial charge in [-0.1, -0.05) is 36.4 Å². The van der Waals surface area contributed by atoms with Crippen LogP contribution in [-0.4, -0.2) is 55.6 Å². The third-order valence-electron chi connectivity index (χ3n) is 4.21. The first kappa shape index (κ1) is 15.0. The third-order valence-corrected chi connectivity index (χ3v) is 4.21. The normalized spacial score (nSPS) is 16.1. The van der Waals surface area contributed by atoms with E-state index in [4.69, 9.17) is 4.74 Å². The average molecular weight is 298 g/mol. The van der Waals surface area contributed by atoms with Crippen molar-refractivity contribution in [2.75, 3.05) is 39.9 Å². The van der Waals surface area contributed by atoms with Crippen LogP contribution >= 0.6 is 0 Å². The molecule has 2 aromatic carbocycles. The van der Waals surface area contributed by atoms with E-state index >= 15 is 0 Å². The van der Waals surface area contributed by atoms with Gasteiger partial charge in [-0.05, 0) is 22.4 Å². The van der Waals surface area contributed by atoms with Crippen molar-refractivity contribution in [2.24, 2.45) is 0 Å². The van der Waals surface area contributed by atoms with Crippen molar-refractivity contribution in [3.05, 3.63) is 48.0 Å². The van der Waals surface area contributed by atoms with Gasteiger partial charge in [0, 0.05) is 39.8 Å². The third kappa shape index (κ3) is 3.46. The van der Waals surface area contributed by atoms with Gasteiger partial charge in [0.1, 0.15) is 6.61 Å². The molecule has 116 valence electrons. The number of piperazine rings is 1. The molecule has 3 rings (SSSR count). The van der Waals surface area contributed by atoms with E-state index in [1.165, 1.54) is 16.3 Å². The second-order valence-corrected chi connectivity index (χ2v) is 5.77. The van der Waals surface area contributed by atoms with Crippen LogP contribution < -0.4 is 0 Å². The maximum atomic E-state index is 11.8. The number of carbonyl (C=O) groups excluding carboxylic acids is 1. The van der Waals surface area contributed by atoms with Gasteiger partial charge < -0.3 is 9.64 Å². The molecule has 0 radical (unpaired) electrons. The molecular weight excluding hydrogens is 276 g/mol. The largest absolute Gasteiger partial charge is 0.375 e. The summed E-state index contributed by atoms with van der Waals surface area (Å²) in [7, 11) is 1.56. The number of rotatable bonds is 4. The summed E-state index contributed by atoms with van der Waals surface area (Å²) in [5.41, 5.74) is 1.33. The summed E-state index contributed by atoms with van der Waals surface area (Å²) in [5.74, 6) is 0.0906. The van der Waals surface area contributed by atoms with E-state index in [9.17, 15) is 4.79 Å². The molecule has 0 saturated carbocycles. The fourth-order valence-corrected chi connectivity index (χ4v) is 2.97. The Balaban J connectivity index is 1.58. The molecule has 4 heteroatoms. The predicted molar refractivity (Wildman–Crippen MR) is 87.7 cm³/mol. The molecule has 1 aliphatic rings. The first-order chi connectivity index (χ1) is 10.8. The maximum absolute atomic E-state index is 11.8. The highest BCUT2D eigenvalue weighted by atomic mass is 16.5. The Morgan fingerprint density at radius 2 is 1.77 bits per heavy atom. The van der Waals surface area contributed by atoms with Crippen LogP contribution in [0, 0.1) is 0 Å². The Labute approximate surface area is 131 Å². The molecule has 1 fully saturated rings. The summed E-state index contributed by atoms with van der Waals surface area (Å²) < 4.78 is 4.92. The maximum Gasteiger partial charge on any atom is 0.248 e. The minimum atomic E-state index is 0.0906. The average Bonchev–Trinajstić information content (AvgIpc) is 2.56. The minimum Gasteiger partial charge on any atom is -0.375 e. The Kier molecular flexibility index (Phi) is 4.71. The lowest BCUT2D eigenvalue weighted by atomic mass is 10.1. The van der Waals surface area contributed by atoms with Gasteiger partial charge in [0.15, 0.2) is 0 Å². The lowest BCUT2D eigenvalue weighted by Crippen LogP contribution is -2.49. The van der Waals surface area contributed by atoms with E-state index in [1.807, 2.05) is 4.90 Å². The van der Waals surface area contributed by atoms with Crippen molar-refractivity contribution in [1.82, 2.24) is 9.80 Å². The van der Waals surface area contributed by atoms with E-state index in [-0.39, 0.29) is 12.5 Å². The Bertz CT molecular complexity index is 648. The summed E-state index contributed by atoms with van der Waals surface area (Å²) in [5, 5.41) is 2.56. The molecule has 0 spiro atoms. The first-order valence-corrected chi connectivity index (χ1v) is 7.73. The van der Waals surface area contributed by atoms with Gasteiger partial charge in [0.25, 0.3) is 0 Å². The summed E-state index contributed by atoms with van der Waals surface area (Å²) >= 11 is 0. The second-order valence-electron chi connectivity index (χ2n) is 5.77. The number of ether oxygens (including phenoxy) is 1. The summed E-state index contributed by atoms with van der Waals surface area (Å²) in [6.07, 6.45) is 0. The Morgan fingerprint density at radius 1 is 1.05 bits per heavy atom. The van der Waals surface area contributed by atoms with Gasteiger partial charge in [-0.15, -0.1) is 0 Å². The molecule has 0 bridgehead atoms. The van der Waals surface area contributed by atoms with Crippen LogP contribution in [0.15, 0.2) is 42.5 Å². The number of hydrogen-bond acceptors (Lipinski definition) is 3. The van der Waals surface area contributed by atoms with E-state index in [0.29, 0.717) is 0 Å². The van der Waals surface area contributed by atoms with Gasteiger partial charge in [-0.25, -0.2) is 0 Å². The lowest BCUT2D eigenvalue weighted by Gasteiger charge is -2.34. The van der Waals surface area contributed by atoms with Crippen molar-refractivity contribution in [3.63, 3.8) is 0 Å². The van der Waals surface area contributed by atoms with Crippen LogP contribution in [0.5, 0.6) is 0 Å². The zero-order valence-corrected chi connectivity index (χ0v) is 13.0. The molecule has 1 heterocycles. The molecule has 1 aliphatic heterocycles. The minimum absolute atomic E-state index is 0.0906.